The average Bonchev–Trinajstić information content (AvgIpc) is 3.17. The van der Waals surface area contributed by atoms with Gasteiger partial charge in [-0.15, -0.1) is 0 Å². The molecule has 1 aliphatic rings. The van der Waals surface area contributed by atoms with Crippen LogP contribution in [0.1, 0.15) is 36.4 Å². The van der Waals surface area contributed by atoms with Gasteiger partial charge in [0.1, 0.15) is 11.6 Å². The summed E-state index contributed by atoms with van der Waals surface area (Å²) in [6.45, 7) is 6.87. The molecule has 8 heteroatoms. The van der Waals surface area contributed by atoms with Crippen molar-refractivity contribution in [2.75, 3.05) is 5.32 Å². The molecule has 0 radical (unpaired) electrons. The van der Waals surface area contributed by atoms with E-state index < -0.39 is 0 Å². The molecule has 0 bridgehead atoms. The molecule has 0 aromatic carbocycles. The third-order valence-corrected chi connectivity index (χ3v) is 4.42. The summed E-state index contributed by atoms with van der Waals surface area (Å²) in [6.07, 6.45) is 6.29. The van der Waals surface area contributed by atoms with Crippen LogP contribution in [-0.2, 0) is 19.4 Å². The molecule has 1 unspecified atom stereocenters. The van der Waals surface area contributed by atoms with Crippen molar-refractivity contribution in [3.63, 3.8) is 0 Å². The van der Waals surface area contributed by atoms with E-state index in [0.29, 0.717) is 0 Å². The summed E-state index contributed by atoms with van der Waals surface area (Å²) in [5.74, 6) is 3.48. The van der Waals surface area contributed by atoms with Crippen molar-refractivity contribution in [1.29, 1.82) is 0 Å². The van der Waals surface area contributed by atoms with Crippen LogP contribution in [0.4, 0.5) is 5.82 Å². The Morgan fingerprint density at radius 3 is 2.84 bits per heavy atom. The van der Waals surface area contributed by atoms with Gasteiger partial charge in [-0.2, -0.15) is 10.2 Å². The first-order valence-corrected chi connectivity index (χ1v) is 8.67. The molecule has 0 saturated heterocycles. The van der Waals surface area contributed by atoms with Crippen molar-refractivity contribution in [3.05, 3.63) is 41.5 Å². The maximum Gasteiger partial charge on any atom is 0.174 e. The Kier molecular flexibility index (Phi) is 3.95. The SMILES string of the molecule is CCc1nc2n(n1)CC(Nc1cncc(-n3nc(C)cc3C)n1)CC2. The number of nitrogens with one attached hydrogen (secondary N) is 1. The molecular formula is C17H22N8. The number of fused-ring (bicyclic) bond motifs is 1. The van der Waals surface area contributed by atoms with Gasteiger partial charge in [-0.1, -0.05) is 6.92 Å². The van der Waals surface area contributed by atoms with E-state index in [-0.39, 0.29) is 6.04 Å². The molecule has 25 heavy (non-hydrogen) atoms. The van der Waals surface area contributed by atoms with E-state index >= 15 is 0 Å². The zero-order chi connectivity index (χ0) is 17.4. The van der Waals surface area contributed by atoms with Gasteiger partial charge in [-0.25, -0.2) is 19.3 Å². The van der Waals surface area contributed by atoms with E-state index in [2.05, 4.69) is 37.4 Å². The lowest BCUT2D eigenvalue weighted by Gasteiger charge is -2.24. The van der Waals surface area contributed by atoms with Gasteiger partial charge in [0.05, 0.1) is 24.6 Å². The molecular weight excluding hydrogens is 316 g/mol. The molecule has 0 amide bonds. The third kappa shape index (κ3) is 3.11. The summed E-state index contributed by atoms with van der Waals surface area (Å²) in [5, 5.41) is 12.5. The Balaban J connectivity index is 1.52. The highest BCUT2D eigenvalue weighted by atomic mass is 15.4. The van der Waals surface area contributed by atoms with E-state index in [9.17, 15) is 0 Å². The molecule has 4 rings (SSSR count). The fourth-order valence-corrected chi connectivity index (χ4v) is 3.23. The zero-order valence-corrected chi connectivity index (χ0v) is 14.8. The molecule has 3 aromatic heterocycles. The van der Waals surface area contributed by atoms with Crippen LogP contribution in [0, 0.1) is 13.8 Å². The van der Waals surface area contributed by atoms with Gasteiger partial charge in [0.15, 0.2) is 11.6 Å². The van der Waals surface area contributed by atoms with Crippen LogP contribution in [0.5, 0.6) is 0 Å². The second-order valence-corrected chi connectivity index (χ2v) is 6.46. The van der Waals surface area contributed by atoms with Crippen molar-refractivity contribution in [1.82, 2.24) is 34.5 Å². The minimum Gasteiger partial charge on any atom is -0.364 e. The normalized spacial score (nSPS) is 16.7. The summed E-state index contributed by atoms with van der Waals surface area (Å²) in [6, 6.07) is 2.30. The smallest absolute Gasteiger partial charge is 0.174 e. The lowest BCUT2D eigenvalue weighted by atomic mass is 10.1. The molecule has 0 spiro atoms. The maximum absolute atomic E-state index is 4.67. The molecule has 4 heterocycles. The van der Waals surface area contributed by atoms with Crippen LogP contribution in [0.2, 0.25) is 0 Å². The number of anilines is 1. The summed E-state index contributed by atoms with van der Waals surface area (Å²) in [5.41, 5.74) is 2.01. The maximum atomic E-state index is 4.67. The second-order valence-electron chi connectivity index (χ2n) is 6.46. The first-order valence-electron chi connectivity index (χ1n) is 8.67. The van der Waals surface area contributed by atoms with Crippen LogP contribution in [0.15, 0.2) is 18.5 Å². The predicted molar refractivity (Wildman–Crippen MR) is 93.8 cm³/mol. The molecule has 1 N–H and O–H groups in total. The molecule has 1 aliphatic heterocycles. The summed E-state index contributed by atoms with van der Waals surface area (Å²) < 4.78 is 3.83. The molecule has 1 atom stereocenters. The fraction of sp³-hybridized carbons (Fsp3) is 0.471. The van der Waals surface area contributed by atoms with Crippen molar-refractivity contribution in [2.24, 2.45) is 0 Å². The topological polar surface area (TPSA) is 86.3 Å². The van der Waals surface area contributed by atoms with E-state index in [0.717, 1.165) is 60.5 Å². The Morgan fingerprint density at radius 2 is 2.08 bits per heavy atom. The van der Waals surface area contributed by atoms with Crippen LogP contribution >= 0.6 is 0 Å². The van der Waals surface area contributed by atoms with Gasteiger partial charge < -0.3 is 5.32 Å². The minimum absolute atomic E-state index is 0.268. The van der Waals surface area contributed by atoms with Gasteiger partial charge in [-0.05, 0) is 26.3 Å². The second kappa shape index (κ2) is 6.27. The predicted octanol–water partition coefficient (Wildman–Crippen LogP) is 1.86. The third-order valence-electron chi connectivity index (χ3n) is 4.42. The molecule has 130 valence electrons. The first-order chi connectivity index (χ1) is 12.1. The van der Waals surface area contributed by atoms with Crippen LogP contribution in [0.3, 0.4) is 0 Å². The molecule has 0 aliphatic carbocycles. The fourth-order valence-electron chi connectivity index (χ4n) is 3.23. The Bertz CT molecular complexity index is 894. The van der Waals surface area contributed by atoms with Gasteiger partial charge >= 0.3 is 0 Å². The van der Waals surface area contributed by atoms with E-state index in [1.54, 1.807) is 12.4 Å². The van der Waals surface area contributed by atoms with Crippen LogP contribution < -0.4 is 5.32 Å². The van der Waals surface area contributed by atoms with Gasteiger partial charge in [0, 0.05) is 24.6 Å². The van der Waals surface area contributed by atoms with E-state index in [1.807, 2.05) is 29.3 Å². The Morgan fingerprint density at radius 1 is 1.20 bits per heavy atom. The Labute approximate surface area is 146 Å². The average molecular weight is 338 g/mol. The van der Waals surface area contributed by atoms with E-state index in [4.69, 9.17) is 0 Å². The van der Waals surface area contributed by atoms with Crippen LogP contribution in [-0.4, -0.2) is 40.6 Å². The van der Waals surface area contributed by atoms with Crippen molar-refractivity contribution in [2.45, 2.75) is 52.6 Å². The van der Waals surface area contributed by atoms with E-state index in [1.165, 1.54) is 0 Å². The summed E-state index contributed by atoms with van der Waals surface area (Å²) in [7, 11) is 0. The standard InChI is InChI=1S/C17H22N8/c1-4-14-20-16-6-5-13(10-24(16)23-14)19-15-8-18-9-17(21-15)25-12(3)7-11(2)22-25/h7-9,13H,4-6,10H2,1-3H3,(H,19,21). The number of aromatic nitrogens is 7. The highest BCUT2D eigenvalue weighted by Gasteiger charge is 2.21. The summed E-state index contributed by atoms with van der Waals surface area (Å²) >= 11 is 0. The largest absolute Gasteiger partial charge is 0.364 e. The first kappa shape index (κ1) is 15.7. The quantitative estimate of drug-likeness (QED) is 0.781. The van der Waals surface area contributed by atoms with Gasteiger partial charge in [-0.3, -0.25) is 4.98 Å². The molecule has 3 aromatic rings. The van der Waals surface area contributed by atoms with Gasteiger partial charge in [0.25, 0.3) is 0 Å². The Hall–Kier alpha value is -2.77. The highest BCUT2D eigenvalue weighted by Crippen LogP contribution is 2.18. The zero-order valence-electron chi connectivity index (χ0n) is 14.8. The number of rotatable bonds is 4. The van der Waals surface area contributed by atoms with Crippen molar-refractivity contribution in [3.8, 4) is 5.82 Å². The lowest BCUT2D eigenvalue weighted by molar-refractivity contribution is 0.439. The van der Waals surface area contributed by atoms with Crippen molar-refractivity contribution < 1.29 is 0 Å². The lowest BCUT2D eigenvalue weighted by Crippen LogP contribution is -2.32. The highest BCUT2D eigenvalue weighted by molar-refractivity contribution is 5.37. The monoisotopic (exact) mass is 338 g/mol. The van der Waals surface area contributed by atoms with Gasteiger partial charge in [0.2, 0.25) is 0 Å². The molecule has 8 nitrogen and oxygen atoms in total. The number of aryl methyl sites for hydroxylation is 4. The number of nitrogens with zero attached hydrogens (tertiary/aromatic N) is 7. The van der Waals surface area contributed by atoms with Crippen molar-refractivity contribution >= 4 is 5.82 Å². The number of hydrogen-bond acceptors (Lipinski definition) is 6. The molecule has 0 saturated carbocycles. The number of hydrogen-bond donors (Lipinski definition) is 1. The molecule has 0 fully saturated rings. The summed E-state index contributed by atoms with van der Waals surface area (Å²) in [4.78, 5) is 13.5. The van der Waals surface area contributed by atoms with Crippen LogP contribution in [0.25, 0.3) is 5.82 Å². The minimum atomic E-state index is 0.268.